The second-order valence-corrected chi connectivity index (χ2v) is 8.71. The summed E-state index contributed by atoms with van der Waals surface area (Å²) in [6.07, 6.45) is 6.29. The van der Waals surface area contributed by atoms with Gasteiger partial charge >= 0.3 is 0 Å². The van der Waals surface area contributed by atoms with Crippen LogP contribution in [0.1, 0.15) is 40.2 Å². The summed E-state index contributed by atoms with van der Waals surface area (Å²) in [7, 11) is 1.99. The van der Waals surface area contributed by atoms with E-state index in [0.29, 0.717) is 6.04 Å². The number of aryl methyl sites for hydroxylation is 1. The summed E-state index contributed by atoms with van der Waals surface area (Å²) in [5.74, 6) is -0.0794. The van der Waals surface area contributed by atoms with Crippen LogP contribution in [0.5, 0.6) is 0 Å². The van der Waals surface area contributed by atoms with E-state index in [9.17, 15) is 4.79 Å². The molecule has 0 saturated carbocycles. The maximum atomic E-state index is 12.8. The van der Waals surface area contributed by atoms with Crippen LogP contribution in [-0.4, -0.2) is 51.4 Å². The minimum atomic E-state index is -0.0794. The van der Waals surface area contributed by atoms with Gasteiger partial charge in [0.2, 0.25) is 0 Å². The third-order valence-corrected chi connectivity index (χ3v) is 6.99. The standard InChI is InChI=1S/C22H28N4O2S/c1-25-17(9-10-24-25)15-26-12-5-4-6-16(26)14-19-18-7-2-3-8-20(18)29-21(19)22(28)23-11-13-27/h2-3,7-10,16,27H,4-6,11-15H2,1H3,(H,23,28)/t16-/m0/s1. The Balaban J connectivity index is 1.62. The molecule has 3 heterocycles. The number of carbonyl (C=O) groups excluding carboxylic acids is 1. The van der Waals surface area contributed by atoms with E-state index in [1.165, 1.54) is 23.9 Å². The van der Waals surface area contributed by atoms with Gasteiger partial charge < -0.3 is 10.4 Å². The van der Waals surface area contributed by atoms with Gasteiger partial charge in [-0.2, -0.15) is 5.10 Å². The van der Waals surface area contributed by atoms with E-state index in [1.54, 1.807) is 11.3 Å². The molecule has 2 aromatic heterocycles. The van der Waals surface area contributed by atoms with Gasteiger partial charge in [-0.15, -0.1) is 11.3 Å². The molecule has 0 aliphatic carbocycles. The molecule has 6 nitrogen and oxygen atoms in total. The van der Waals surface area contributed by atoms with E-state index in [1.807, 2.05) is 30.1 Å². The highest BCUT2D eigenvalue weighted by Gasteiger charge is 2.27. The summed E-state index contributed by atoms with van der Waals surface area (Å²) < 4.78 is 3.09. The topological polar surface area (TPSA) is 70.4 Å². The molecule has 29 heavy (non-hydrogen) atoms. The number of hydrogen-bond donors (Lipinski definition) is 2. The van der Waals surface area contributed by atoms with E-state index in [4.69, 9.17) is 5.11 Å². The minimum Gasteiger partial charge on any atom is -0.395 e. The van der Waals surface area contributed by atoms with Crippen LogP contribution in [0.15, 0.2) is 36.5 Å². The molecular weight excluding hydrogens is 384 g/mol. The van der Waals surface area contributed by atoms with Crippen molar-refractivity contribution in [2.24, 2.45) is 7.05 Å². The SMILES string of the molecule is Cn1nccc1CN1CCCC[C@H]1Cc1c(C(=O)NCCO)sc2ccccc12. The Labute approximate surface area is 175 Å². The van der Waals surface area contributed by atoms with Crippen molar-refractivity contribution in [3.05, 3.63) is 52.7 Å². The van der Waals surface area contributed by atoms with Crippen LogP contribution >= 0.6 is 11.3 Å². The minimum absolute atomic E-state index is 0.0485. The molecule has 154 valence electrons. The zero-order valence-corrected chi connectivity index (χ0v) is 17.6. The van der Waals surface area contributed by atoms with Crippen molar-refractivity contribution in [3.63, 3.8) is 0 Å². The van der Waals surface area contributed by atoms with Crippen molar-refractivity contribution in [1.29, 1.82) is 0 Å². The third-order valence-electron chi connectivity index (χ3n) is 5.78. The molecule has 1 amide bonds. The molecule has 7 heteroatoms. The highest BCUT2D eigenvalue weighted by Crippen LogP contribution is 2.34. The average Bonchev–Trinajstić information content (AvgIpc) is 3.31. The largest absolute Gasteiger partial charge is 0.395 e. The highest BCUT2D eigenvalue weighted by molar-refractivity contribution is 7.21. The van der Waals surface area contributed by atoms with E-state index in [2.05, 4.69) is 33.5 Å². The number of thiophene rings is 1. The van der Waals surface area contributed by atoms with E-state index >= 15 is 0 Å². The molecule has 1 saturated heterocycles. The van der Waals surface area contributed by atoms with Crippen LogP contribution in [0.3, 0.4) is 0 Å². The zero-order chi connectivity index (χ0) is 20.2. The first-order chi connectivity index (χ1) is 14.2. The van der Waals surface area contributed by atoms with Gasteiger partial charge in [-0.1, -0.05) is 24.6 Å². The number of nitrogens with zero attached hydrogens (tertiary/aromatic N) is 3. The fraction of sp³-hybridized carbons (Fsp3) is 0.455. The van der Waals surface area contributed by atoms with Crippen molar-refractivity contribution < 1.29 is 9.90 Å². The van der Waals surface area contributed by atoms with Crippen LogP contribution in [0.4, 0.5) is 0 Å². The van der Waals surface area contributed by atoms with Crippen LogP contribution in [0, 0.1) is 0 Å². The van der Waals surface area contributed by atoms with E-state index < -0.39 is 0 Å². The van der Waals surface area contributed by atoms with Gasteiger partial charge in [0.1, 0.15) is 0 Å². The van der Waals surface area contributed by atoms with Crippen molar-refractivity contribution in [1.82, 2.24) is 20.0 Å². The molecule has 0 spiro atoms. The van der Waals surface area contributed by atoms with Crippen LogP contribution in [0.2, 0.25) is 0 Å². The lowest BCUT2D eigenvalue weighted by molar-refractivity contribution is 0.0946. The lowest BCUT2D eigenvalue weighted by atomic mass is 9.93. The number of nitrogens with one attached hydrogen (secondary N) is 1. The van der Waals surface area contributed by atoms with Crippen LogP contribution in [0.25, 0.3) is 10.1 Å². The number of benzene rings is 1. The van der Waals surface area contributed by atoms with Gasteiger partial charge in [0, 0.05) is 37.1 Å². The number of aliphatic hydroxyl groups is 1. The molecule has 4 rings (SSSR count). The molecule has 1 aromatic carbocycles. The number of aliphatic hydroxyl groups excluding tert-OH is 1. The molecular formula is C22H28N4O2S. The number of likely N-dealkylation sites (tertiary alicyclic amines) is 1. The number of carbonyl (C=O) groups is 1. The molecule has 0 radical (unpaired) electrons. The first kappa shape index (κ1) is 20.1. The van der Waals surface area contributed by atoms with Crippen molar-refractivity contribution in [3.8, 4) is 0 Å². The Morgan fingerprint density at radius 3 is 2.97 bits per heavy atom. The quantitative estimate of drug-likeness (QED) is 0.626. The second kappa shape index (κ2) is 9.07. The summed E-state index contributed by atoms with van der Waals surface area (Å²) in [6, 6.07) is 10.8. The lowest BCUT2D eigenvalue weighted by Gasteiger charge is -2.36. The molecule has 1 fully saturated rings. The van der Waals surface area contributed by atoms with Gasteiger partial charge in [0.15, 0.2) is 0 Å². The summed E-state index contributed by atoms with van der Waals surface area (Å²) >= 11 is 1.55. The molecule has 1 aliphatic rings. The summed E-state index contributed by atoms with van der Waals surface area (Å²) in [6.45, 7) is 2.19. The van der Waals surface area contributed by atoms with Gasteiger partial charge in [-0.25, -0.2) is 0 Å². The predicted octanol–water partition coefficient (Wildman–Crippen LogP) is 2.95. The molecule has 2 N–H and O–H groups in total. The molecule has 1 aliphatic heterocycles. The Bertz CT molecular complexity index is 980. The maximum absolute atomic E-state index is 12.8. The fourth-order valence-electron chi connectivity index (χ4n) is 4.23. The van der Waals surface area contributed by atoms with Crippen LogP contribution < -0.4 is 5.32 Å². The Morgan fingerprint density at radius 2 is 2.17 bits per heavy atom. The van der Waals surface area contributed by atoms with Crippen molar-refractivity contribution >= 4 is 27.3 Å². The fourth-order valence-corrected chi connectivity index (χ4v) is 5.38. The molecule has 0 unspecified atom stereocenters. The normalized spacial score (nSPS) is 17.7. The molecule has 3 aromatic rings. The van der Waals surface area contributed by atoms with Crippen LogP contribution in [-0.2, 0) is 20.0 Å². The maximum Gasteiger partial charge on any atom is 0.261 e. The summed E-state index contributed by atoms with van der Waals surface area (Å²) in [5, 5.41) is 17.4. The molecule has 1 atom stereocenters. The summed E-state index contributed by atoms with van der Waals surface area (Å²) in [4.78, 5) is 16.1. The third kappa shape index (κ3) is 4.37. The number of rotatable bonds is 7. The number of fused-ring (bicyclic) bond motifs is 1. The summed E-state index contributed by atoms with van der Waals surface area (Å²) in [5.41, 5.74) is 2.36. The van der Waals surface area contributed by atoms with Gasteiger partial charge in [-0.3, -0.25) is 14.4 Å². The molecule has 0 bridgehead atoms. The monoisotopic (exact) mass is 412 g/mol. The van der Waals surface area contributed by atoms with Gasteiger partial charge in [-0.05, 0) is 48.9 Å². The zero-order valence-electron chi connectivity index (χ0n) is 16.8. The number of hydrogen-bond acceptors (Lipinski definition) is 5. The first-order valence-electron chi connectivity index (χ1n) is 10.3. The lowest BCUT2D eigenvalue weighted by Crippen LogP contribution is -2.41. The second-order valence-electron chi connectivity index (χ2n) is 7.66. The number of piperidine rings is 1. The smallest absolute Gasteiger partial charge is 0.261 e. The predicted molar refractivity (Wildman–Crippen MR) is 116 cm³/mol. The van der Waals surface area contributed by atoms with Gasteiger partial charge in [0.05, 0.1) is 17.2 Å². The number of aromatic nitrogens is 2. The van der Waals surface area contributed by atoms with E-state index in [0.717, 1.165) is 41.1 Å². The Morgan fingerprint density at radius 1 is 1.31 bits per heavy atom. The Hall–Kier alpha value is -2.22. The van der Waals surface area contributed by atoms with E-state index in [-0.39, 0.29) is 19.1 Å². The highest BCUT2D eigenvalue weighted by atomic mass is 32.1. The van der Waals surface area contributed by atoms with Crippen molar-refractivity contribution in [2.75, 3.05) is 19.7 Å². The Kier molecular flexibility index (Phi) is 6.28. The van der Waals surface area contributed by atoms with Gasteiger partial charge in [0.25, 0.3) is 5.91 Å². The first-order valence-corrected chi connectivity index (χ1v) is 11.1. The average molecular weight is 413 g/mol. The van der Waals surface area contributed by atoms with Crippen molar-refractivity contribution in [2.45, 2.75) is 38.3 Å². The number of amides is 1.